The van der Waals surface area contributed by atoms with Crippen molar-refractivity contribution in [2.45, 2.75) is 0 Å². The lowest BCUT2D eigenvalue weighted by atomic mass is 10.3. The van der Waals surface area contributed by atoms with Crippen molar-refractivity contribution >= 4 is 5.69 Å². The minimum atomic E-state index is 0.679. The molecule has 0 fully saturated rings. The molecule has 2 heteroatoms. The molecule has 1 rings (SSSR count). The van der Waals surface area contributed by atoms with Crippen LogP contribution in [0.2, 0.25) is 0 Å². The predicted molar refractivity (Wildman–Crippen MR) is 65.1 cm³/mol. The first-order chi connectivity index (χ1) is 7.30. The van der Waals surface area contributed by atoms with Crippen LogP contribution in [-0.2, 0) is 0 Å². The van der Waals surface area contributed by atoms with Gasteiger partial charge in [0.1, 0.15) is 11.5 Å². The van der Waals surface area contributed by atoms with E-state index in [1.165, 1.54) is 0 Å². The Kier molecular flexibility index (Phi) is 4.23. The lowest BCUT2D eigenvalue weighted by molar-refractivity contribution is 0.445. The Morgan fingerprint density at radius 2 is 2.20 bits per heavy atom. The first-order valence-corrected chi connectivity index (χ1v) is 4.71. The molecule has 15 heavy (non-hydrogen) atoms. The van der Waals surface area contributed by atoms with Gasteiger partial charge in [0.15, 0.2) is 0 Å². The average Bonchev–Trinajstić information content (AvgIpc) is 2.29. The zero-order valence-corrected chi connectivity index (χ0v) is 8.86. The summed E-state index contributed by atoms with van der Waals surface area (Å²) in [5.74, 6) is 1.45. The van der Waals surface area contributed by atoms with Crippen LogP contribution in [0.4, 0.5) is 5.69 Å². The monoisotopic (exact) mass is 201 g/mol. The Morgan fingerprint density at radius 3 is 2.80 bits per heavy atom. The first kappa shape index (κ1) is 11.1. The average molecular weight is 201 g/mol. The van der Waals surface area contributed by atoms with Crippen molar-refractivity contribution in [3.63, 3.8) is 0 Å². The van der Waals surface area contributed by atoms with Crippen molar-refractivity contribution in [3.05, 3.63) is 61.4 Å². The van der Waals surface area contributed by atoms with E-state index in [1.807, 2.05) is 31.3 Å². The van der Waals surface area contributed by atoms with Crippen molar-refractivity contribution in [2.75, 3.05) is 12.4 Å². The highest BCUT2D eigenvalue weighted by molar-refractivity contribution is 5.48. The summed E-state index contributed by atoms with van der Waals surface area (Å²) in [7, 11) is 1.87. The van der Waals surface area contributed by atoms with Crippen molar-refractivity contribution in [3.8, 4) is 5.75 Å². The van der Waals surface area contributed by atoms with Gasteiger partial charge >= 0.3 is 0 Å². The van der Waals surface area contributed by atoms with Crippen LogP contribution < -0.4 is 10.1 Å². The summed E-state index contributed by atoms with van der Waals surface area (Å²) in [4.78, 5) is 0. The second-order valence-corrected chi connectivity index (χ2v) is 2.89. The summed E-state index contributed by atoms with van der Waals surface area (Å²) >= 11 is 0. The summed E-state index contributed by atoms with van der Waals surface area (Å²) in [6.07, 6.45) is 5.08. The Bertz CT molecular complexity index is 380. The molecule has 0 bridgehead atoms. The van der Waals surface area contributed by atoms with E-state index in [2.05, 4.69) is 18.5 Å². The van der Waals surface area contributed by atoms with Gasteiger partial charge in [-0.3, -0.25) is 0 Å². The molecule has 0 amide bonds. The van der Waals surface area contributed by atoms with E-state index in [-0.39, 0.29) is 0 Å². The van der Waals surface area contributed by atoms with Crippen LogP contribution in [0.5, 0.6) is 5.75 Å². The largest absolute Gasteiger partial charge is 0.457 e. The standard InChI is InChI=1S/C13H15NO/c1-4-7-12(5-2)15-13-9-6-8-11(10-13)14-3/h4-10,14H,1-2H2,3H3/b12-7+. The van der Waals surface area contributed by atoms with Gasteiger partial charge in [-0.1, -0.05) is 25.3 Å². The maximum absolute atomic E-state index is 5.58. The fourth-order valence-electron chi connectivity index (χ4n) is 1.11. The van der Waals surface area contributed by atoms with E-state index >= 15 is 0 Å². The normalized spacial score (nSPS) is 10.6. The quantitative estimate of drug-likeness (QED) is 0.582. The molecule has 78 valence electrons. The smallest absolute Gasteiger partial charge is 0.129 e. The molecule has 0 heterocycles. The summed E-state index contributed by atoms with van der Waals surface area (Å²) in [5, 5.41) is 3.05. The summed E-state index contributed by atoms with van der Waals surface area (Å²) in [5.41, 5.74) is 1.01. The number of hydrogen-bond donors (Lipinski definition) is 1. The molecule has 0 saturated carbocycles. The summed E-state index contributed by atoms with van der Waals surface area (Å²) < 4.78 is 5.58. The third kappa shape index (κ3) is 3.35. The number of allylic oxidation sites excluding steroid dienone is 3. The SMILES string of the molecule is C=C/C=C(\C=C)Oc1cccc(NC)c1. The van der Waals surface area contributed by atoms with Crippen LogP contribution in [0.25, 0.3) is 0 Å². The molecule has 1 aromatic carbocycles. The lowest BCUT2D eigenvalue weighted by Crippen LogP contribution is -1.93. The number of rotatable bonds is 5. The van der Waals surface area contributed by atoms with Crippen LogP contribution in [0.15, 0.2) is 61.4 Å². The summed E-state index contributed by atoms with van der Waals surface area (Å²) in [6, 6.07) is 7.70. The Labute approximate surface area is 90.6 Å². The van der Waals surface area contributed by atoms with Crippen molar-refractivity contribution in [2.24, 2.45) is 0 Å². The van der Waals surface area contributed by atoms with E-state index in [0.29, 0.717) is 5.76 Å². The van der Waals surface area contributed by atoms with E-state index < -0.39 is 0 Å². The van der Waals surface area contributed by atoms with E-state index in [1.54, 1.807) is 18.2 Å². The maximum Gasteiger partial charge on any atom is 0.129 e. The molecule has 0 radical (unpaired) electrons. The number of hydrogen-bond acceptors (Lipinski definition) is 2. The highest BCUT2D eigenvalue weighted by Crippen LogP contribution is 2.19. The van der Waals surface area contributed by atoms with Crippen molar-refractivity contribution in [1.82, 2.24) is 0 Å². The molecule has 0 aliphatic heterocycles. The molecule has 0 aromatic heterocycles. The minimum Gasteiger partial charge on any atom is -0.457 e. The molecule has 0 unspecified atom stereocenters. The molecule has 0 aliphatic carbocycles. The Balaban J connectivity index is 2.83. The Hall–Kier alpha value is -1.96. The first-order valence-electron chi connectivity index (χ1n) is 4.71. The summed E-state index contributed by atoms with van der Waals surface area (Å²) in [6.45, 7) is 7.27. The van der Waals surface area contributed by atoms with Gasteiger partial charge < -0.3 is 10.1 Å². The van der Waals surface area contributed by atoms with Crippen molar-refractivity contribution in [1.29, 1.82) is 0 Å². The van der Waals surface area contributed by atoms with Gasteiger partial charge in [0.05, 0.1) is 0 Å². The lowest BCUT2D eigenvalue weighted by Gasteiger charge is -2.07. The fraction of sp³-hybridized carbons (Fsp3) is 0.0769. The zero-order valence-electron chi connectivity index (χ0n) is 8.86. The molecule has 0 saturated heterocycles. The molecule has 0 atom stereocenters. The van der Waals surface area contributed by atoms with E-state index in [0.717, 1.165) is 11.4 Å². The van der Waals surface area contributed by atoms with Crippen LogP contribution in [0.3, 0.4) is 0 Å². The third-order valence-electron chi connectivity index (χ3n) is 1.84. The van der Waals surface area contributed by atoms with E-state index in [9.17, 15) is 0 Å². The van der Waals surface area contributed by atoms with Crippen LogP contribution >= 0.6 is 0 Å². The zero-order chi connectivity index (χ0) is 11.1. The second-order valence-electron chi connectivity index (χ2n) is 2.89. The molecule has 0 spiro atoms. The number of ether oxygens (including phenoxy) is 1. The third-order valence-corrected chi connectivity index (χ3v) is 1.84. The van der Waals surface area contributed by atoms with Gasteiger partial charge in [-0.05, 0) is 24.3 Å². The highest BCUT2D eigenvalue weighted by atomic mass is 16.5. The highest BCUT2D eigenvalue weighted by Gasteiger charge is 1.96. The number of anilines is 1. The van der Waals surface area contributed by atoms with Crippen LogP contribution in [-0.4, -0.2) is 7.05 Å². The van der Waals surface area contributed by atoms with Gasteiger partial charge in [-0.15, -0.1) is 0 Å². The molecular formula is C13H15NO. The number of nitrogens with one attached hydrogen (secondary N) is 1. The maximum atomic E-state index is 5.58. The van der Waals surface area contributed by atoms with Gasteiger partial charge in [-0.25, -0.2) is 0 Å². The van der Waals surface area contributed by atoms with E-state index in [4.69, 9.17) is 4.74 Å². The van der Waals surface area contributed by atoms with Gasteiger partial charge in [-0.2, -0.15) is 0 Å². The minimum absolute atomic E-state index is 0.679. The Morgan fingerprint density at radius 1 is 1.40 bits per heavy atom. The molecule has 1 N–H and O–H groups in total. The van der Waals surface area contributed by atoms with Gasteiger partial charge in [0.25, 0.3) is 0 Å². The number of benzene rings is 1. The predicted octanol–water partition coefficient (Wildman–Crippen LogP) is 3.36. The van der Waals surface area contributed by atoms with Gasteiger partial charge in [0, 0.05) is 18.8 Å². The molecule has 1 aromatic rings. The van der Waals surface area contributed by atoms with Crippen LogP contribution in [0, 0.1) is 0 Å². The second kappa shape index (κ2) is 5.70. The van der Waals surface area contributed by atoms with Crippen molar-refractivity contribution < 1.29 is 4.74 Å². The topological polar surface area (TPSA) is 21.3 Å². The van der Waals surface area contributed by atoms with Gasteiger partial charge in [0.2, 0.25) is 0 Å². The van der Waals surface area contributed by atoms with Crippen LogP contribution in [0.1, 0.15) is 0 Å². The molecule has 2 nitrogen and oxygen atoms in total. The molecule has 0 aliphatic rings. The molecular weight excluding hydrogens is 186 g/mol. The fourth-order valence-corrected chi connectivity index (χ4v) is 1.11.